The number of unbranched alkanes of at least 4 members (excludes halogenated alkanes) is 38. The number of hydrogen-bond acceptors (Lipinski definition) is 5. The SMILES string of the molecule is CCCCCCCCCCCCCC/C=C\CCCCCCCCCC(=O)NC(COP(=O)(O)OCC[N+](C)(C)C)C(O)/C=C/CCCCCCCCCCCCCCCCCCCCC. The van der Waals surface area contributed by atoms with Gasteiger partial charge in [-0.2, -0.15) is 0 Å². The maximum atomic E-state index is 13.0. The Kier molecular flexibility index (Phi) is 48.2. The topological polar surface area (TPSA) is 105 Å². The number of aliphatic hydroxyl groups is 1. The molecule has 0 radical (unpaired) electrons. The Morgan fingerprint density at radius 3 is 1.17 bits per heavy atom. The highest BCUT2D eigenvalue weighted by atomic mass is 31.2. The van der Waals surface area contributed by atoms with E-state index in [1.165, 1.54) is 225 Å². The van der Waals surface area contributed by atoms with Gasteiger partial charge in [-0.05, 0) is 44.9 Å². The summed E-state index contributed by atoms with van der Waals surface area (Å²) in [7, 11) is 1.58. The van der Waals surface area contributed by atoms with E-state index in [4.69, 9.17) is 9.05 Å². The number of nitrogens with zero attached hydrogens (tertiary/aromatic N) is 1. The lowest BCUT2D eigenvalue weighted by molar-refractivity contribution is -0.870. The molecule has 0 rings (SSSR count). The molecule has 8 nitrogen and oxygen atoms in total. The summed E-state index contributed by atoms with van der Waals surface area (Å²) in [6.07, 6.45) is 61.3. The van der Waals surface area contributed by atoms with Gasteiger partial charge in [-0.15, -0.1) is 0 Å². The fourth-order valence-corrected chi connectivity index (χ4v) is 9.36. The Labute approximate surface area is 411 Å². The average molecular weight is 955 g/mol. The second-order valence-electron chi connectivity index (χ2n) is 21.0. The largest absolute Gasteiger partial charge is 0.472 e. The highest BCUT2D eigenvalue weighted by Crippen LogP contribution is 2.43. The lowest BCUT2D eigenvalue weighted by atomic mass is 10.0. The number of quaternary nitrogens is 1. The summed E-state index contributed by atoms with van der Waals surface area (Å²) in [5.74, 6) is -0.177. The van der Waals surface area contributed by atoms with E-state index < -0.39 is 20.0 Å². The number of amides is 1. The molecule has 0 aliphatic rings. The number of hydrogen-bond donors (Lipinski definition) is 3. The molecule has 3 unspecified atom stereocenters. The molecule has 0 saturated heterocycles. The molecule has 0 fully saturated rings. The molecule has 0 aromatic carbocycles. The van der Waals surface area contributed by atoms with Crippen LogP contribution in [0.25, 0.3) is 0 Å². The van der Waals surface area contributed by atoms with Crippen molar-refractivity contribution in [3.8, 4) is 0 Å². The molecule has 0 aromatic heterocycles. The average Bonchev–Trinajstić information content (AvgIpc) is 3.28. The van der Waals surface area contributed by atoms with Crippen LogP contribution in [0, 0.1) is 0 Å². The van der Waals surface area contributed by atoms with Gasteiger partial charge in [0.1, 0.15) is 13.2 Å². The molecule has 0 saturated carbocycles. The minimum Gasteiger partial charge on any atom is -0.387 e. The number of carbonyl (C=O) groups excluding carboxylic acids is 1. The molecule has 392 valence electrons. The number of nitrogens with one attached hydrogen (secondary N) is 1. The molecule has 0 bridgehead atoms. The molecule has 3 atom stereocenters. The molecule has 66 heavy (non-hydrogen) atoms. The van der Waals surface area contributed by atoms with Crippen molar-refractivity contribution in [2.45, 2.75) is 296 Å². The Morgan fingerprint density at radius 2 is 0.818 bits per heavy atom. The molecule has 0 aliphatic carbocycles. The van der Waals surface area contributed by atoms with Crippen LogP contribution in [0.4, 0.5) is 0 Å². The summed E-state index contributed by atoms with van der Waals surface area (Å²) >= 11 is 0. The third-order valence-corrected chi connectivity index (χ3v) is 14.1. The van der Waals surface area contributed by atoms with Gasteiger partial charge in [-0.3, -0.25) is 13.8 Å². The van der Waals surface area contributed by atoms with E-state index in [0.29, 0.717) is 17.4 Å². The van der Waals surface area contributed by atoms with Crippen molar-refractivity contribution < 1.29 is 32.9 Å². The fourth-order valence-electron chi connectivity index (χ4n) is 8.63. The van der Waals surface area contributed by atoms with Crippen molar-refractivity contribution >= 4 is 13.7 Å². The Balaban J connectivity index is 4.22. The maximum absolute atomic E-state index is 13.0. The first-order chi connectivity index (χ1) is 32.0. The highest BCUT2D eigenvalue weighted by Gasteiger charge is 2.27. The van der Waals surface area contributed by atoms with Crippen LogP contribution in [0.1, 0.15) is 284 Å². The summed E-state index contributed by atoms with van der Waals surface area (Å²) in [6, 6.07) is -0.847. The van der Waals surface area contributed by atoms with Gasteiger partial charge in [0, 0.05) is 6.42 Å². The molecule has 0 spiro atoms. The number of likely N-dealkylation sites (N-methyl/N-ethyl adjacent to an activating group) is 1. The van der Waals surface area contributed by atoms with Gasteiger partial charge in [0.15, 0.2) is 0 Å². The monoisotopic (exact) mass is 954 g/mol. The summed E-state index contributed by atoms with van der Waals surface area (Å²) < 4.78 is 23.7. The third kappa shape index (κ3) is 50.8. The number of aliphatic hydroxyl groups excluding tert-OH is 1. The van der Waals surface area contributed by atoms with E-state index in [2.05, 4.69) is 31.3 Å². The molecular weight excluding hydrogens is 840 g/mol. The lowest BCUT2D eigenvalue weighted by Crippen LogP contribution is -2.45. The van der Waals surface area contributed by atoms with Crippen molar-refractivity contribution in [1.82, 2.24) is 5.32 Å². The standard InChI is InChI=1S/C57H113N2O6P/c1-6-8-10-12-14-16-18-20-22-24-26-28-29-31-33-35-37-39-41-43-45-47-49-51-57(61)58-55(54-65-66(62,63)64-53-52-59(3,4)5)56(60)50-48-46-44-42-40-38-36-34-32-30-27-25-23-21-19-17-15-13-11-9-7-2/h31,33,48,50,55-56,60H,6-30,32,34-47,49,51-54H2,1-5H3,(H-,58,61,62,63)/p+1/b33-31-,50-48+. The third-order valence-electron chi connectivity index (χ3n) is 13.2. The van der Waals surface area contributed by atoms with Gasteiger partial charge in [-0.25, -0.2) is 4.57 Å². The lowest BCUT2D eigenvalue weighted by Gasteiger charge is -2.25. The number of carbonyl (C=O) groups is 1. The summed E-state index contributed by atoms with van der Waals surface area (Å²) in [5, 5.41) is 13.9. The zero-order valence-electron chi connectivity index (χ0n) is 44.7. The van der Waals surface area contributed by atoms with E-state index in [9.17, 15) is 19.4 Å². The van der Waals surface area contributed by atoms with Crippen LogP contribution in [0.15, 0.2) is 24.3 Å². The predicted molar refractivity (Wildman–Crippen MR) is 286 cm³/mol. The van der Waals surface area contributed by atoms with Crippen molar-refractivity contribution in [2.75, 3.05) is 40.9 Å². The zero-order valence-corrected chi connectivity index (χ0v) is 45.6. The van der Waals surface area contributed by atoms with Crippen molar-refractivity contribution in [1.29, 1.82) is 0 Å². The maximum Gasteiger partial charge on any atom is 0.472 e. The minimum absolute atomic E-state index is 0.0623. The van der Waals surface area contributed by atoms with Crippen LogP contribution in [0.5, 0.6) is 0 Å². The van der Waals surface area contributed by atoms with E-state index in [0.717, 1.165) is 38.5 Å². The molecule has 0 aromatic rings. The molecular formula is C57H114N2O6P+. The van der Waals surface area contributed by atoms with Gasteiger partial charge >= 0.3 is 7.82 Å². The second kappa shape index (κ2) is 49.0. The van der Waals surface area contributed by atoms with Crippen molar-refractivity contribution in [3.63, 3.8) is 0 Å². The first kappa shape index (κ1) is 65.0. The van der Waals surface area contributed by atoms with Crippen molar-refractivity contribution in [3.05, 3.63) is 24.3 Å². The van der Waals surface area contributed by atoms with Crippen LogP contribution < -0.4 is 5.32 Å². The minimum atomic E-state index is -4.35. The first-order valence-corrected chi connectivity index (χ1v) is 30.2. The van der Waals surface area contributed by atoms with E-state index >= 15 is 0 Å². The van der Waals surface area contributed by atoms with Gasteiger partial charge < -0.3 is 19.8 Å². The second-order valence-corrected chi connectivity index (χ2v) is 22.5. The zero-order chi connectivity index (χ0) is 48.5. The van der Waals surface area contributed by atoms with Crippen LogP contribution >= 0.6 is 7.82 Å². The van der Waals surface area contributed by atoms with Gasteiger partial charge in [0.05, 0.1) is 39.9 Å². The fraction of sp³-hybridized carbons (Fsp3) is 0.912. The molecule has 9 heteroatoms. The summed E-state index contributed by atoms with van der Waals surface area (Å²) in [4.78, 5) is 23.3. The normalized spacial score (nSPS) is 14.1. The van der Waals surface area contributed by atoms with Gasteiger partial charge in [0.25, 0.3) is 0 Å². The van der Waals surface area contributed by atoms with E-state index in [1.54, 1.807) is 6.08 Å². The number of phosphoric ester groups is 1. The van der Waals surface area contributed by atoms with E-state index in [1.807, 2.05) is 27.2 Å². The Morgan fingerprint density at radius 1 is 0.500 bits per heavy atom. The van der Waals surface area contributed by atoms with Crippen LogP contribution in [0.3, 0.4) is 0 Å². The van der Waals surface area contributed by atoms with Gasteiger partial charge in [-0.1, -0.05) is 256 Å². The number of allylic oxidation sites excluding steroid dienone is 3. The summed E-state index contributed by atoms with van der Waals surface area (Å²) in [6.45, 7) is 4.86. The first-order valence-electron chi connectivity index (χ1n) is 28.7. The Hall–Kier alpha value is -1.02. The van der Waals surface area contributed by atoms with Crippen LogP contribution in [-0.2, 0) is 18.4 Å². The summed E-state index contributed by atoms with van der Waals surface area (Å²) in [5.41, 5.74) is 0. The van der Waals surface area contributed by atoms with E-state index in [-0.39, 0.29) is 19.1 Å². The van der Waals surface area contributed by atoms with Crippen LogP contribution in [0.2, 0.25) is 0 Å². The quantitative estimate of drug-likeness (QED) is 0.0243. The Bertz CT molecular complexity index is 1130. The molecule has 1 amide bonds. The van der Waals surface area contributed by atoms with Crippen LogP contribution in [-0.4, -0.2) is 73.4 Å². The highest BCUT2D eigenvalue weighted by molar-refractivity contribution is 7.47. The number of phosphoric acid groups is 1. The number of rotatable bonds is 53. The molecule has 0 heterocycles. The smallest absolute Gasteiger partial charge is 0.387 e. The molecule has 0 aliphatic heterocycles. The molecule has 3 N–H and O–H groups in total. The van der Waals surface area contributed by atoms with Gasteiger partial charge in [0.2, 0.25) is 5.91 Å². The predicted octanol–water partition coefficient (Wildman–Crippen LogP) is 17.2. The van der Waals surface area contributed by atoms with Crippen molar-refractivity contribution in [2.24, 2.45) is 0 Å².